The van der Waals surface area contributed by atoms with E-state index in [2.05, 4.69) is 28.9 Å². The van der Waals surface area contributed by atoms with Gasteiger partial charge in [0.05, 0.1) is 6.33 Å². The molecule has 0 aliphatic heterocycles. The summed E-state index contributed by atoms with van der Waals surface area (Å²) in [6.45, 7) is 3.15. The molecule has 0 saturated carbocycles. The lowest BCUT2D eigenvalue weighted by Crippen LogP contribution is -2.37. The predicted octanol–water partition coefficient (Wildman–Crippen LogP) is -0.445. The molecular formula is C12H10N4O2. The van der Waals surface area contributed by atoms with Crippen LogP contribution in [0, 0.1) is 23.9 Å². The van der Waals surface area contributed by atoms with Gasteiger partial charge in [-0.25, -0.2) is 9.78 Å². The SMILES string of the molecule is CC#Cn1c(=O)c2c(ncn2C)n(C#CC)c1=O. The van der Waals surface area contributed by atoms with Gasteiger partial charge in [0.25, 0.3) is 5.56 Å². The fraction of sp³-hybridized carbons (Fsp3) is 0.250. The quantitative estimate of drug-likeness (QED) is 0.588. The van der Waals surface area contributed by atoms with Crippen LogP contribution in [-0.4, -0.2) is 18.7 Å². The van der Waals surface area contributed by atoms with Crippen LogP contribution in [0.5, 0.6) is 0 Å². The Hall–Kier alpha value is -2.73. The largest absolute Gasteiger partial charge is 0.356 e. The van der Waals surface area contributed by atoms with Gasteiger partial charge in [0.15, 0.2) is 11.2 Å². The zero-order valence-electron chi connectivity index (χ0n) is 10.2. The van der Waals surface area contributed by atoms with Crippen LogP contribution in [0.1, 0.15) is 13.8 Å². The third-order valence-electron chi connectivity index (χ3n) is 2.36. The highest BCUT2D eigenvalue weighted by molar-refractivity contribution is 5.71. The molecule has 0 bridgehead atoms. The first-order chi connectivity index (χ1) is 8.61. The molecule has 2 rings (SSSR count). The van der Waals surface area contributed by atoms with E-state index in [1.54, 1.807) is 25.5 Å². The van der Waals surface area contributed by atoms with E-state index >= 15 is 0 Å². The van der Waals surface area contributed by atoms with Crippen molar-refractivity contribution in [1.82, 2.24) is 18.7 Å². The molecule has 0 radical (unpaired) electrons. The van der Waals surface area contributed by atoms with Gasteiger partial charge in [-0.15, -0.1) is 0 Å². The maximum atomic E-state index is 12.1. The van der Waals surface area contributed by atoms with E-state index in [1.165, 1.54) is 6.33 Å². The number of hydrogen-bond acceptors (Lipinski definition) is 3. The third-order valence-corrected chi connectivity index (χ3v) is 2.36. The summed E-state index contributed by atoms with van der Waals surface area (Å²) in [6.07, 6.45) is 1.46. The summed E-state index contributed by atoms with van der Waals surface area (Å²) in [4.78, 5) is 28.2. The molecule has 2 aromatic rings. The summed E-state index contributed by atoms with van der Waals surface area (Å²) in [5.41, 5.74) is -0.551. The fourth-order valence-corrected chi connectivity index (χ4v) is 1.63. The second-order valence-corrected chi connectivity index (χ2v) is 3.51. The number of nitrogens with zero attached hydrogens (tertiary/aromatic N) is 4. The summed E-state index contributed by atoms with van der Waals surface area (Å²) in [5, 5.41) is 0. The number of fused-ring (bicyclic) bond motifs is 1. The van der Waals surface area contributed by atoms with Crippen LogP contribution >= 0.6 is 0 Å². The first kappa shape index (κ1) is 11.7. The van der Waals surface area contributed by atoms with E-state index in [1.807, 2.05) is 0 Å². The van der Waals surface area contributed by atoms with E-state index in [0.29, 0.717) is 5.52 Å². The number of hydrogen-bond donors (Lipinski definition) is 0. The topological polar surface area (TPSA) is 61.8 Å². The molecular weight excluding hydrogens is 232 g/mol. The minimum atomic E-state index is -0.602. The van der Waals surface area contributed by atoms with Crippen molar-refractivity contribution in [1.29, 1.82) is 0 Å². The molecule has 2 heterocycles. The highest BCUT2D eigenvalue weighted by Gasteiger charge is 2.14. The van der Waals surface area contributed by atoms with Crippen LogP contribution in [0.2, 0.25) is 0 Å². The molecule has 90 valence electrons. The van der Waals surface area contributed by atoms with Crippen LogP contribution in [-0.2, 0) is 7.05 Å². The molecule has 0 atom stereocenters. The average molecular weight is 242 g/mol. The highest BCUT2D eigenvalue weighted by Crippen LogP contribution is 2.02. The number of aromatic nitrogens is 4. The zero-order chi connectivity index (χ0) is 13.3. The van der Waals surface area contributed by atoms with Gasteiger partial charge in [0.2, 0.25) is 0 Å². The number of rotatable bonds is 0. The predicted molar refractivity (Wildman–Crippen MR) is 66.9 cm³/mol. The van der Waals surface area contributed by atoms with Crippen molar-refractivity contribution >= 4 is 11.2 Å². The van der Waals surface area contributed by atoms with Crippen LogP contribution < -0.4 is 11.2 Å². The average Bonchev–Trinajstić information content (AvgIpc) is 2.72. The summed E-state index contributed by atoms with van der Waals surface area (Å²) >= 11 is 0. The molecule has 0 N–H and O–H groups in total. The Morgan fingerprint density at radius 2 is 1.72 bits per heavy atom. The van der Waals surface area contributed by atoms with E-state index in [0.717, 1.165) is 9.13 Å². The summed E-state index contributed by atoms with van der Waals surface area (Å²) in [5.74, 6) is 5.15. The lowest BCUT2D eigenvalue weighted by atomic mass is 10.5. The van der Waals surface area contributed by atoms with Gasteiger partial charge in [-0.3, -0.25) is 4.79 Å². The molecule has 0 unspecified atom stereocenters. The highest BCUT2D eigenvalue weighted by atomic mass is 16.2. The minimum Gasteiger partial charge on any atom is -0.328 e. The smallest absolute Gasteiger partial charge is 0.328 e. The maximum Gasteiger partial charge on any atom is 0.356 e. The lowest BCUT2D eigenvalue weighted by Gasteiger charge is -2.01. The van der Waals surface area contributed by atoms with Crippen LogP contribution in [0.3, 0.4) is 0 Å². The molecule has 0 amide bonds. The number of aryl methyl sites for hydroxylation is 1. The molecule has 2 aromatic heterocycles. The van der Waals surface area contributed by atoms with E-state index < -0.39 is 11.2 Å². The van der Waals surface area contributed by atoms with Gasteiger partial charge < -0.3 is 4.57 Å². The standard InChI is InChI=1S/C12H10N4O2/c1-4-6-15-10-9(14(3)8-13-10)11(17)16(7-5-2)12(15)18/h8H,1-3H3. The van der Waals surface area contributed by atoms with E-state index in [-0.39, 0.29) is 5.65 Å². The van der Waals surface area contributed by atoms with Crippen molar-refractivity contribution in [2.45, 2.75) is 13.8 Å². The Balaban J connectivity index is 3.15. The van der Waals surface area contributed by atoms with E-state index in [9.17, 15) is 9.59 Å². The second-order valence-electron chi connectivity index (χ2n) is 3.51. The van der Waals surface area contributed by atoms with Gasteiger partial charge in [-0.05, 0) is 13.8 Å². The molecule has 0 spiro atoms. The van der Waals surface area contributed by atoms with Gasteiger partial charge in [0, 0.05) is 19.1 Å². The molecule has 0 aliphatic rings. The molecule has 0 saturated heterocycles. The van der Waals surface area contributed by atoms with Gasteiger partial charge >= 0.3 is 5.69 Å². The number of imidazole rings is 1. The lowest BCUT2D eigenvalue weighted by molar-refractivity contribution is 0.853. The Kier molecular flexibility index (Phi) is 2.78. The Labute approximate surface area is 102 Å². The Morgan fingerprint density at radius 1 is 1.11 bits per heavy atom. The van der Waals surface area contributed by atoms with Gasteiger partial charge in [0.1, 0.15) is 0 Å². The first-order valence-electron chi connectivity index (χ1n) is 5.16. The first-order valence-corrected chi connectivity index (χ1v) is 5.16. The molecule has 0 aromatic carbocycles. The van der Waals surface area contributed by atoms with Crippen LogP contribution in [0.25, 0.3) is 11.2 Å². The van der Waals surface area contributed by atoms with Crippen LogP contribution in [0.15, 0.2) is 15.9 Å². The van der Waals surface area contributed by atoms with Gasteiger partial charge in [-0.2, -0.15) is 9.13 Å². The van der Waals surface area contributed by atoms with E-state index in [4.69, 9.17) is 0 Å². The molecule has 0 aliphatic carbocycles. The monoisotopic (exact) mass is 242 g/mol. The molecule has 6 heteroatoms. The van der Waals surface area contributed by atoms with Crippen LogP contribution in [0.4, 0.5) is 0 Å². The second kappa shape index (κ2) is 4.27. The Bertz CT molecular complexity index is 859. The summed E-state index contributed by atoms with van der Waals surface area (Å²) in [6, 6.07) is 5.07. The van der Waals surface area contributed by atoms with Crippen molar-refractivity contribution in [2.24, 2.45) is 7.05 Å². The molecule has 0 fully saturated rings. The van der Waals surface area contributed by atoms with Crippen molar-refractivity contribution in [3.8, 4) is 23.9 Å². The molecule has 6 nitrogen and oxygen atoms in total. The van der Waals surface area contributed by atoms with Gasteiger partial charge in [-0.1, -0.05) is 11.8 Å². The fourth-order valence-electron chi connectivity index (χ4n) is 1.63. The summed E-state index contributed by atoms with van der Waals surface area (Å²) in [7, 11) is 1.68. The third kappa shape index (κ3) is 1.52. The summed E-state index contributed by atoms with van der Waals surface area (Å²) < 4.78 is 3.51. The van der Waals surface area contributed by atoms with Crippen molar-refractivity contribution < 1.29 is 0 Å². The Morgan fingerprint density at radius 3 is 2.33 bits per heavy atom. The van der Waals surface area contributed by atoms with Crippen molar-refractivity contribution in [2.75, 3.05) is 0 Å². The maximum absolute atomic E-state index is 12.1. The van der Waals surface area contributed by atoms with Crippen molar-refractivity contribution in [3.05, 3.63) is 27.2 Å². The minimum absolute atomic E-state index is 0.246. The van der Waals surface area contributed by atoms with Crippen molar-refractivity contribution in [3.63, 3.8) is 0 Å². The zero-order valence-corrected chi connectivity index (χ0v) is 10.2. The molecule has 18 heavy (non-hydrogen) atoms. The normalized spacial score (nSPS) is 9.50.